The summed E-state index contributed by atoms with van der Waals surface area (Å²) >= 11 is 3.48. The summed E-state index contributed by atoms with van der Waals surface area (Å²) < 4.78 is 6.94. The highest BCUT2D eigenvalue weighted by Gasteiger charge is 2.01. The molecule has 0 saturated carbocycles. The zero-order chi connectivity index (χ0) is 13.9. The smallest absolute Gasteiger partial charge is 0.132 e. The van der Waals surface area contributed by atoms with Crippen LogP contribution >= 0.6 is 15.9 Å². The molecule has 0 fully saturated rings. The second-order valence-corrected chi connectivity index (χ2v) is 5.30. The maximum absolute atomic E-state index is 5.87. The van der Waals surface area contributed by atoms with Crippen LogP contribution in [-0.2, 0) is 0 Å². The predicted octanol–water partition coefficient (Wildman–Crippen LogP) is 4.83. The van der Waals surface area contributed by atoms with Crippen LogP contribution in [0.25, 0.3) is 10.8 Å². The van der Waals surface area contributed by atoms with Crippen molar-refractivity contribution in [1.29, 1.82) is 0 Å². The summed E-state index contributed by atoms with van der Waals surface area (Å²) in [5.41, 5.74) is 0. The Labute approximate surface area is 125 Å². The summed E-state index contributed by atoms with van der Waals surface area (Å²) in [7, 11) is 1.83. The number of hydrogen-bond acceptors (Lipinski definition) is 3. The Hall–Kier alpha value is -2.07. The van der Waals surface area contributed by atoms with Gasteiger partial charge in [0, 0.05) is 23.8 Å². The molecule has 0 amide bonds. The Balaban J connectivity index is 1.92. The van der Waals surface area contributed by atoms with Gasteiger partial charge in [-0.15, -0.1) is 0 Å². The molecule has 3 nitrogen and oxygen atoms in total. The molecule has 0 spiro atoms. The van der Waals surface area contributed by atoms with Crippen molar-refractivity contribution < 1.29 is 4.74 Å². The van der Waals surface area contributed by atoms with E-state index in [1.807, 2.05) is 37.4 Å². The number of rotatable bonds is 3. The Morgan fingerprint density at radius 2 is 1.70 bits per heavy atom. The van der Waals surface area contributed by atoms with Gasteiger partial charge in [-0.1, -0.05) is 28.1 Å². The van der Waals surface area contributed by atoms with Crippen LogP contribution in [0.1, 0.15) is 0 Å². The fraction of sp³-hybridized carbons (Fsp3) is 0.0625. The van der Waals surface area contributed by atoms with Crippen molar-refractivity contribution in [3.05, 3.63) is 59.2 Å². The lowest BCUT2D eigenvalue weighted by molar-refractivity contribution is 0.483. The summed E-state index contributed by atoms with van der Waals surface area (Å²) in [6.07, 6.45) is 1.72. The van der Waals surface area contributed by atoms with E-state index in [1.165, 1.54) is 5.39 Å². The monoisotopic (exact) mass is 328 g/mol. The van der Waals surface area contributed by atoms with Crippen LogP contribution in [0.15, 0.2) is 59.2 Å². The molecule has 3 aromatic rings. The SMILES string of the molecule is CNc1cc(Oc2ccc3cc(Br)ccc3c2)ccn1. The van der Waals surface area contributed by atoms with Gasteiger partial charge >= 0.3 is 0 Å². The first kappa shape index (κ1) is 12.9. The number of halogens is 1. The highest BCUT2D eigenvalue weighted by Crippen LogP contribution is 2.28. The van der Waals surface area contributed by atoms with E-state index in [4.69, 9.17) is 4.74 Å². The van der Waals surface area contributed by atoms with Crippen molar-refractivity contribution in [2.45, 2.75) is 0 Å². The Bertz CT molecular complexity index is 758. The van der Waals surface area contributed by atoms with Crippen LogP contribution in [0.5, 0.6) is 11.5 Å². The molecule has 0 radical (unpaired) electrons. The van der Waals surface area contributed by atoms with Gasteiger partial charge in [-0.3, -0.25) is 0 Å². The third-order valence-electron chi connectivity index (χ3n) is 3.00. The third-order valence-corrected chi connectivity index (χ3v) is 3.49. The van der Waals surface area contributed by atoms with Gasteiger partial charge in [-0.25, -0.2) is 4.98 Å². The number of fused-ring (bicyclic) bond motifs is 1. The molecule has 0 saturated heterocycles. The molecule has 100 valence electrons. The minimum Gasteiger partial charge on any atom is -0.457 e. The number of pyridine rings is 1. The minimum absolute atomic E-state index is 0.765. The van der Waals surface area contributed by atoms with Gasteiger partial charge in [0.05, 0.1) is 0 Å². The first-order valence-electron chi connectivity index (χ1n) is 6.25. The highest BCUT2D eigenvalue weighted by molar-refractivity contribution is 9.10. The van der Waals surface area contributed by atoms with E-state index >= 15 is 0 Å². The van der Waals surface area contributed by atoms with E-state index < -0.39 is 0 Å². The minimum atomic E-state index is 0.765. The molecule has 0 unspecified atom stereocenters. The molecule has 1 heterocycles. The second kappa shape index (κ2) is 5.51. The summed E-state index contributed by atoms with van der Waals surface area (Å²) in [6.45, 7) is 0. The molecule has 0 aliphatic heterocycles. The van der Waals surface area contributed by atoms with Gasteiger partial charge in [0.1, 0.15) is 17.3 Å². The Morgan fingerprint density at radius 3 is 2.55 bits per heavy atom. The fourth-order valence-electron chi connectivity index (χ4n) is 2.01. The molecule has 1 N–H and O–H groups in total. The lowest BCUT2D eigenvalue weighted by Crippen LogP contribution is -1.92. The van der Waals surface area contributed by atoms with Gasteiger partial charge in [0.15, 0.2) is 0 Å². The molecule has 0 aliphatic rings. The molecule has 4 heteroatoms. The number of anilines is 1. The van der Waals surface area contributed by atoms with Gasteiger partial charge in [-0.2, -0.15) is 0 Å². The maximum Gasteiger partial charge on any atom is 0.132 e. The van der Waals surface area contributed by atoms with Crippen LogP contribution in [0, 0.1) is 0 Å². The van der Waals surface area contributed by atoms with Crippen LogP contribution in [0.2, 0.25) is 0 Å². The lowest BCUT2D eigenvalue weighted by Gasteiger charge is -2.08. The number of aromatic nitrogens is 1. The lowest BCUT2D eigenvalue weighted by atomic mass is 10.1. The largest absolute Gasteiger partial charge is 0.457 e. The summed E-state index contributed by atoms with van der Waals surface area (Å²) in [5.74, 6) is 2.36. The molecule has 1 aromatic heterocycles. The van der Waals surface area contributed by atoms with Crippen molar-refractivity contribution >= 4 is 32.5 Å². The van der Waals surface area contributed by atoms with Crippen LogP contribution in [0.4, 0.5) is 5.82 Å². The fourth-order valence-corrected chi connectivity index (χ4v) is 2.38. The van der Waals surface area contributed by atoms with Crippen molar-refractivity contribution in [3.8, 4) is 11.5 Å². The second-order valence-electron chi connectivity index (χ2n) is 4.38. The molecule has 0 bridgehead atoms. The van der Waals surface area contributed by atoms with Gasteiger partial charge < -0.3 is 10.1 Å². The number of nitrogens with one attached hydrogen (secondary N) is 1. The number of nitrogens with zero attached hydrogens (tertiary/aromatic N) is 1. The average molecular weight is 329 g/mol. The first-order valence-corrected chi connectivity index (χ1v) is 7.05. The summed E-state index contributed by atoms with van der Waals surface area (Å²) in [6, 6.07) is 15.9. The summed E-state index contributed by atoms with van der Waals surface area (Å²) in [5, 5.41) is 5.32. The van der Waals surface area contributed by atoms with Crippen LogP contribution in [-0.4, -0.2) is 12.0 Å². The Kier molecular flexibility index (Phi) is 3.56. The normalized spacial score (nSPS) is 10.5. The van der Waals surface area contributed by atoms with Crippen molar-refractivity contribution in [3.63, 3.8) is 0 Å². The van der Waals surface area contributed by atoms with E-state index in [0.717, 1.165) is 27.2 Å². The summed E-state index contributed by atoms with van der Waals surface area (Å²) in [4.78, 5) is 4.16. The highest BCUT2D eigenvalue weighted by atomic mass is 79.9. The molecular formula is C16H13BrN2O. The predicted molar refractivity (Wildman–Crippen MR) is 85.5 cm³/mol. The maximum atomic E-state index is 5.87. The first-order chi connectivity index (χ1) is 9.74. The van der Waals surface area contributed by atoms with Gasteiger partial charge in [-0.05, 0) is 41.1 Å². The molecule has 20 heavy (non-hydrogen) atoms. The van der Waals surface area contributed by atoms with E-state index in [0.29, 0.717) is 0 Å². The van der Waals surface area contributed by atoms with E-state index in [9.17, 15) is 0 Å². The molecule has 2 aromatic carbocycles. The average Bonchev–Trinajstić information content (AvgIpc) is 2.47. The van der Waals surface area contributed by atoms with Crippen molar-refractivity contribution in [2.24, 2.45) is 0 Å². The van der Waals surface area contributed by atoms with E-state index in [1.54, 1.807) is 6.20 Å². The number of ether oxygens (including phenoxy) is 1. The Morgan fingerprint density at radius 1 is 0.950 bits per heavy atom. The molecule has 0 atom stereocenters. The topological polar surface area (TPSA) is 34.1 Å². The standard InChI is InChI=1S/C16H13BrN2O/c1-18-16-10-15(6-7-19-16)20-14-5-3-11-8-13(17)4-2-12(11)9-14/h2-10H,1H3,(H,18,19). The van der Waals surface area contributed by atoms with Crippen LogP contribution in [0.3, 0.4) is 0 Å². The molecule has 3 rings (SSSR count). The zero-order valence-electron chi connectivity index (χ0n) is 10.9. The molecular weight excluding hydrogens is 316 g/mol. The van der Waals surface area contributed by atoms with Crippen LogP contribution < -0.4 is 10.1 Å². The molecule has 0 aliphatic carbocycles. The zero-order valence-corrected chi connectivity index (χ0v) is 12.5. The van der Waals surface area contributed by atoms with E-state index in [-0.39, 0.29) is 0 Å². The van der Waals surface area contributed by atoms with Crippen molar-refractivity contribution in [2.75, 3.05) is 12.4 Å². The van der Waals surface area contributed by atoms with Gasteiger partial charge in [0.2, 0.25) is 0 Å². The number of hydrogen-bond donors (Lipinski definition) is 1. The van der Waals surface area contributed by atoms with Crippen molar-refractivity contribution in [1.82, 2.24) is 4.98 Å². The number of benzene rings is 2. The van der Waals surface area contributed by atoms with Gasteiger partial charge in [0.25, 0.3) is 0 Å². The quantitative estimate of drug-likeness (QED) is 0.747. The third kappa shape index (κ3) is 2.75. The van der Waals surface area contributed by atoms with E-state index in [2.05, 4.69) is 44.4 Å².